The van der Waals surface area contributed by atoms with E-state index in [0.717, 1.165) is 36.2 Å². The summed E-state index contributed by atoms with van der Waals surface area (Å²) in [6, 6.07) is 5.04. The van der Waals surface area contributed by atoms with Crippen molar-refractivity contribution in [2.24, 2.45) is 0 Å². The molecule has 0 aliphatic carbocycles. The van der Waals surface area contributed by atoms with E-state index in [-0.39, 0.29) is 0 Å². The summed E-state index contributed by atoms with van der Waals surface area (Å²) < 4.78 is 5.54. The van der Waals surface area contributed by atoms with E-state index in [1.165, 1.54) is 25.7 Å². The second kappa shape index (κ2) is 5.67. The highest BCUT2D eigenvalue weighted by molar-refractivity contribution is 5.93. The van der Waals surface area contributed by atoms with E-state index in [4.69, 9.17) is 9.52 Å². The molecule has 1 aromatic heterocycles. The van der Waals surface area contributed by atoms with Gasteiger partial charge in [-0.15, -0.1) is 0 Å². The van der Waals surface area contributed by atoms with Gasteiger partial charge in [-0.2, -0.15) is 0 Å². The fourth-order valence-electron chi connectivity index (χ4n) is 2.87. The maximum atomic E-state index is 11.1. The van der Waals surface area contributed by atoms with Crippen LogP contribution in [0.4, 0.5) is 0 Å². The van der Waals surface area contributed by atoms with Crippen molar-refractivity contribution in [3.63, 3.8) is 0 Å². The van der Waals surface area contributed by atoms with E-state index < -0.39 is 5.97 Å². The number of carboxylic acid groups (broad SMARTS) is 1. The van der Waals surface area contributed by atoms with Crippen molar-refractivity contribution in [3.05, 3.63) is 35.6 Å². The van der Waals surface area contributed by atoms with Crippen LogP contribution in [0.15, 0.2) is 28.9 Å². The predicted molar refractivity (Wildman–Crippen MR) is 76.9 cm³/mol. The normalized spacial score (nSPS) is 17.2. The molecule has 1 fully saturated rings. The summed E-state index contributed by atoms with van der Waals surface area (Å²) in [7, 11) is 0. The molecule has 2 aromatic rings. The maximum absolute atomic E-state index is 11.1. The van der Waals surface area contributed by atoms with Crippen LogP contribution in [0, 0.1) is 0 Å². The van der Waals surface area contributed by atoms with Gasteiger partial charge in [0.1, 0.15) is 5.58 Å². The van der Waals surface area contributed by atoms with Crippen molar-refractivity contribution in [2.75, 3.05) is 13.1 Å². The minimum atomic E-state index is -0.895. The first-order valence-electron chi connectivity index (χ1n) is 7.20. The first-order valence-corrected chi connectivity index (χ1v) is 7.20. The Morgan fingerprint density at radius 1 is 1.20 bits per heavy atom. The lowest BCUT2D eigenvalue weighted by atomic mass is 10.1. The zero-order valence-electron chi connectivity index (χ0n) is 11.5. The van der Waals surface area contributed by atoms with Gasteiger partial charge < -0.3 is 9.52 Å². The highest BCUT2D eigenvalue weighted by Gasteiger charge is 2.14. The zero-order valence-corrected chi connectivity index (χ0v) is 11.5. The third-order valence-corrected chi connectivity index (χ3v) is 3.99. The lowest BCUT2D eigenvalue weighted by Gasteiger charge is -2.18. The zero-order chi connectivity index (χ0) is 13.9. The Bertz CT molecular complexity index is 609. The molecule has 0 radical (unpaired) electrons. The third-order valence-electron chi connectivity index (χ3n) is 3.99. The second-order valence-corrected chi connectivity index (χ2v) is 5.47. The van der Waals surface area contributed by atoms with Crippen molar-refractivity contribution in [1.29, 1.82) is 0 Å². The van der Waals surface area contributed by atoms with E-state index in [0.29, 0.717) is 5.56 Å². The van der Waals surface area contributed by atoms with Gasteiger partial charge in [-0.05, 0) is 44.1 Å². The van der Waals surface area contributed by atoms with Gasteiger partial charge in [0.25, 0.3) is 0 Å². The van der Waals surface area contributed by atoms with Crippen LogP contribution in [0.1, 0.15) is 41.6 Å². The first-order chi connectivity index (χ1) is 9.74. The van der Waals surface area contributed by atoms with Gasteiger partial charge in [0, 0.05) is 17.5 Å². The van der Waals surface area contributed by atoms with Crippen LogP contribution in [-0.2, 0) is 6.54 Å². The van der Waals surface area contributed by atoms with Gasteiger partial charge in [-0.3, -0.25) is 4.90 Å². The number of carboxylic acids is 1. The molecular formula is C16H19NO3. The Morgan fingerprint density at radius 3 is 2.65 bits per heavy atom. The number of nitrogens with zero attached hydrogens (tertiary/aromatic N) is 1. The van der Waals surface area contributed by atoms with Crippen LogP contribution in [0.3, 0.4) is 0 Å². The fourth-order valence-corrected chi connectivity index (χ4v) is 2.87. The lowest BCUT2D eigenvalue weighted by Crippen LogP contribution is -2.23. The smallest absolute Gasteiger partial charge is 0.335 e. The van der Waals surface area contributed by atoms with Crippen molar-refractivity contribution in [3.8, 4) is 0 Å². The Morgan fingerprint density at radius 2 is 1.95 bits per heavy atom. The van der Waals surface area contributed by atoms with Crippen LogP contribution in [0.25, 0.3) is 11.0 Å². The molecule has 0 unspecified atom stereocenters. The number of furan rings is 1. The number of rotatable bonds is 3. The predicted octanol–water partition coefficient (Wildman–Crippen LogP) is 3.51. The summed E-state index contributed by atoms with van der Waals surface area (Å²) in [6.45, 7) is 3.08. The summed E-state index contributed by atoms with van der Waals surface area (Å²) in [6.07, 6.45) is 6.88. The Kier molecular flexibility index (Phi) is 3.74. The molecule has 0 amide bonds. The topological polar surface area (TPSA) is 53.7 Å². The van der Waals surface area contributed by atoms with Crippen LogP contribution in [0.2, 0.25) is 0 Å². The molecule has 1 aromatic carbocycles. The van der Waals surface area contributed by atoms with Gasteiger partial charge in [-0.1, -0.05) is 12.8 Å². The van der Waals surface area contributed by atoms with E-state index in [2.05, 4.69) is 4.90 Å². The number of fused-ring (bicyclic) bond motifs is 1. The quantitative estimate of drug-likeness (QED) is 0.929. The average molecular weight is 273 g/mol. The number of aromatic carboxylic acids is 1. The lowest BCUT2D eigenvalue weighted by molar-refractivity contribution is 0.0697. The molecule has 0 bridgehead atoms. The molecule has 0 atom stereocenters. The highest BCUT2D eigenvalue weighted by Crippen LogP contribution is 2.24. The summed E-state index contributed by atoms with van der Waals surface area (Å²) >= 11 is 0. The molecule has 1 N–H and O–H groups in total. The first kappa shape index (κ1) is 13.2. The number of carbonyl (C=O) groups is 1. The second-order valence-electron chi connectivity index (χ2n) is 5.47. The van der Waals surface area contributed by atoms with Crippen LogP contribution < -0.4 is 0 Å². The summed E-state index contributed by atoms with van der Waals surface area (Å²) in [5.74, 6) is -0.895. The molecule has 0 saturated carbocycles. The molecule has 2 heterocycles. The summed E-state index contributed by atoms with van der Waals surface area (Å²) in [5, 5.41) is 10.0. The van der Waals surface area contributed by atoms with E-state index >= 15 is 0 Å². The van der Waals surface area contributed by atoms with Crippen molar-refractivity contribution < 1.29 is 14.3 Å². The minimum Gasteiger partial charge on any atom is -0.478 e. The van der Waals surface area contributed by atoms with E-state index in [1.807, 2.05) is 0 Å². The molecule has 1 saturated heterocycles. The molecule has 0 spiro atoms. The standard InChI is InChI=1S/C16H19NO3/c18-16(19)12-5-6-15-14(9-12)13(11-20-15)10-17-7-3-1-2-4-8-17/h5-6,9,11H,1-4,7-8,10H2,(H,18,19). The fraction of sp³-hybridized carbons (Fsp3) is 0.438. The molecule has 106 valence electrons. The molecule has 4 heteroatoms. The Labute approximate surface area is 118 Å². The molecule has 4 nitrogen and oxygen atoms in total. The summed E-state index contributed by atoms with van der Waals surface area (Å²) in [4.78, 5) is 13.5. The number of benzene rings is 1. The largest absolute Gasteiger partial charge is 0.478 e. The van der Waals surface area contributed by atoms with Gasteiger partial charge >= 0.3 is 5.97 Å². The molecule has 1 aliphatic rings. The van der Waals surface area contributed by atoms with Gasteiger partial charge in [-0.25, -0.2) is 4.79 Å². The monoisotopic (exact) mass is 273 g/mol. The van der Waals surface area contributed by atoms with Crippen LogP contribution in [0.5, 0.6) is 0 Å². The van der Waals surface area contributed by atoms with Gasteiger partial charge in [0.15, 0.2) is 0 Å². The van der Waals surface area contributed by atoms with Crippen molar-refractivity contribution in [2.45, 2.75) is 32.2 Å². The molecule has 20 heavy (non-hydrogen) atoms. The van der Waals surface area contributed by atoms with Crippen molar-refractivity contribution >= 4 is 16.9 Å². The molecule has 1 aliphatic heterocycles. The molecule has 3 rings (SSSR count). The summed E-state index contributed by atoms with van der Waals surface area (Å²) in [5.41, 5.74) is 2.17. The third kappa shape index (κ3) is 2.70. The maximum Gasteiger partial charge on any atom is 0.335 e. The molecular weight excluding hydrogens is 254 g/mol. The average Bonchev–Trinajstić information content (AvgIpc) is 2.66. The minimum absolute atomic E-state index is 0.316. The number of hydrogen-bond donors (Lipinski definition) is 1. The van der Waals surface area contributed by atoms with Crippen LogP contribution in [-0.4, -0.2) is 29.1 Å². The Balaban J connectivity index is 1.86. The number of likely N-dealkylation sites (tertiary alicyclic amines) is 1. The van der Waals surface area contributed by atoms with Gasteiger partial charge in [0.2, 0.25) is 0 Å². The van der Waals surface area contributed by atoms with Gasteiger partial charge in [0.05, 0.1) is 11.8 Å². The van der Waals surface area contributed by atoms with E-state index in [9.17, 15) is 4.79 Å². The van der Waals surface area contributed by atoms with Crippen LogP contribution >= 0.6 is 0 Å². The Hall–Kier alpha value is -1.81. The SMILES string of the molecule is O=C(O)c1ccc2occ(CN3CCCCCC3)c2c1. The van der Waals surface area contributed by atoms with Crippen molar-refractivity contribution in [1.82, 2.24) is 4.90 Å². The highest BCUT2D eigenvalue weighted by atomic mass is 16.4. The number of hydrogen-bond acceptors (Lipinski definition) is 3. The van der Waals surface area contributed by atoms with E-state index in [1.54, 1.807) is 24.5 Å².